The quantitative estimate of drug-likeness (QED) is 0.694. The fourth-order valence-electron chi connectivity index (χ4n) is 2.58. The fourth-order valence-corrected chi connectivity index (χ4v) is 2.58. The zero-order valence-corrected chi connectivity index (χ0v) is 10.4. The summed E-state index contributed by atoms with van der Waals surface area (Å²) < 4.78 is 13.4. The van der Waals surface area contributed by atoms with Crippen molar-refractivity contribution in [2.45, 2.75) is 25.3 Å². The van der Waals surface area contributed by atoms with Crippen LogP contribution in [0, 0.1) is 12.4 Å². The molecule has 1 atom stereocenters. The van der Waals surface area contributed by atoms with E-state index in [9.17, 15) is 4.39 Å². The SMILES string of the molecule is [C-]#[N+]C1CC=C(c2ccnc3ccc(F)cc23)CC1. The van der Waals surface area contributed by atoms with E-state index in [4.69, 9.17) is 6.57 Å². The van der Waals surface area contributed by atoms with Crippen molar-refractivity contribution in [2.24, 2.45) is 0 Å². The van der Waals surface area contributed by atoms with E-state index in [1.165, 1.54) is 11.6 Å². The molecule has 94 valence electrons. The van der Waals surface area contributed by atoms with Crippen molar-refractivity contribution in [3.8, 4) is 0 Å². The summed E-state index contributed by atoms with van der Waals surface area (Å²) in [6.45, 7) is 7.06. The summed E-state index contributed by atoms with van der Waals surface area (Å²) in [6.07, 6.45) is 6.43. The van der Waals surface area contributed by atoms with Crippen molar-refractivity contribution < 1.29 is 4.39 Å². The average Bonchev–Trinajstić information content (AvgIpc) is 2.47. The zero-order chi connectivity index (χ0) is 13.2. The molecule has 0 aliphatic heterocycles. The maximum atomic E-state index is 13.4. The molecule has 1 heterocycles. The van der Waals surface area contributed by atoms with Crippen LogP contribution in [0.4, 0.5) is 4.39 Å². The summed E-state index contributed by atoms with van der Waals surface area (Å²) in [7, 11) is 0. The van der Waals surface area contributed by atoms with E-state index < -0.39 is 0 Å². The van der Waals surface area contributed by atoms with E-state index >= 15 is 0 Å². The van der Waals surface area contributed by atoms with Crippen molar-refractivity contribution in [1.29, 1.82) is 0 Å². The second-order valence-electron chi connectivity index (χ2n) is 4.81. The second kappa shape index (κ2) is 4.81. The molecule has 2 aromatic rings. The molecule has 2 nitrogen and oxygen atoms in total. The summed E-state index contributed by atoms with van der Waals surface area (Å²) in [5.41, 5.74) is 3.07. The summed E-state index contributed by atoms with van der Waals surface area (Å²) in [5, 5.41) is 0.856. The lowest BCUT2D eigenvalue weighted by atomic mass is 9.89. The molecular weight excluding hydrogens is 239 g/mol. The smallest absolute Gasteiger partial charge is 0.227 e. The molecule has 1 aliphatic carbocycles. The van der Waals surface area contributed by atoms with Crippen LogP contribution in [-0.2, 0) is 0 Å². The number of benzene rings is 1. The van der Waals surface area contributed by atoms with Crippen LogP contribution in [-0.4, -0.2) is 11.0 Å². The molecule has 1 unspecified atom stereocenters. The monoisotopic (exact) mass is 252 g/mol. The van der Waals surface area contributed by atoms with Crippen molar-refractivity contribution in [3.05, 3.63) is 59.3 Å². The molecule has 0 fully saturated rings. The fraction of sp³-hybridized carbons (Fsp3) is 0.250. The van der Waals surface area contributed by atoms with Gasteiger partial charge in [-0.05, 0) is 41.8 Å². The van der Waals surface area contributed by atoms with Gasteiger partial charge < -0.3 is 4.85 Å². The Labute approximate surface area is 111 Å². The highest BCUT2D eigenvalue weighted by Crippen LogP contribution is 2.32. The van der Waals surface area contributed by atoms with E-state index in [1.54, 1.807) is 18.3 Å². The number of allylic oxidation sites excluding steroid dienone is 1. The van der Waals surface area contributed by atoms with Gasteiger partial charge in [0.2, 0.25) is 6.04 Å². The molecule has 19 heavy (non-hydrogen) atoms. The van der Waals surface area contributed by atoms with Crippen LogP contribution in [0.25, 0.3) is 21.3 Å². The molecule has 1 aliphatic rings. The topological polar surface area (TPSA) is 17.2 Å². The van der Waals surface area contributed by atoms with Gasteiger partial charge in [0.25, 0.3) is 0 Å². The summed E-state index contributed by atoms with van der Waals surface area (Å²) in [5.74, 6) is -0.239. The van der Waals surface area contributed by atoms with Gasteiger partial charge in [-0.2, -0.15) is 0 Å². The van der Waals surface area contributed by atoms with Crippen LogP contribution in [0.15, 0.2) is 36.5 Å². The third-order valence-electron chi connectivity index (χ3n) is 3.62. The van der Waals surface area contributed by atoms with Crippen LogP contribution in [0.2, 0.25) is 0 Å². The lowest BCUT2D eigenvalue weighted by molar-refractivity contribution is 0.629. The van der Waals surface area contributed by atoms with Gasteiger partial charge in [0.05, 0.1) is 5.52 Å². The Morgan fingerprint density at radius 2 is 2.21 bits per heavy atom. The van der Waals surface area contributed by atoms with Crippen molar-refractivity contribution in [3.63, 3.8) is 0 Å². The number of fused-ring (bicyclic) bond motifs is 1. The minimum atomic E-state index is -0.239. The Kier molecular flexibility index (Phi) is 3.00. The summed E-state index contributed by atoms with van der Waals surface area (Å²) >= 11 is 0. The predicted molar refractivity (Wildman–Crippen MR) is 73.9 cm³/mol. The first-order chi connectivity index (χ1) is 9.28. The van der Waals surface area contributed by atoms with Crippen LogP contribution in [0.3, 0.4) is 0 Å². The van der Waals surface area contributed by atoms with Crippen LogP contribution < -0.4 is 0 Å². The third-order valence-corrected chi connectivity index (χ3v) is 3.62. The van der Waals surface area contributed by atoms with Gasteiger partial charge in [0.15, 0.2) is 0 Å². The van der Waals surface area contributed by atoms with Crippen molar-refractivity contribution in [1.82, 2.24) is 4.98 Å². The van der Waals surface area contributed by atoms with Crippen LogP contribution in [0.1, 0.15) is 24.8 Å². The molecule has 0 bridgehead atoms. The van der Waals surface area contributed by atoms with Crippen LogP contribution >= 0.6 is 0 Å². The largest absolute Gasteiger partial charge is 0.313 e. The Bertz CT molecular complexity index is 697. The van der Waals surface area contributed by atoms with Crippen molar-refractivity contribution >= 4 is 16.5 Å². The maximum Gasteiger partial charge on any atom is 0.227 e. The predicted octanol–water partition coefficient (Wildman–Crippen LogP) is 4.23. The molecule has 0 saturated heterocycles. The van der Waals surface area contributed by atoms with Gasteiger partial charge >= 0.3 is 0 Å². The van der Waals surface area contributed by atoms with E-state index in [2.05, 4.69) is 15.9 Å². The van der Waals surface area contributed by atoms with Gasteiger partial charge in [0.1, 0.15) is 5.82 Å². The van der Waals surface area contributed by atoms with Crippen molar-refractivity contribution in [2.75, 3.05) is 0 Å². The summed E-state index contributed by atoms with van der Waals surface area (Å²) in [6, 6.07) is 6.72. The molecule has 1 aromatic heterocycles. The average molecular weight is 252 g/mol. The number of halogens is 1. The van der Waals surface area contributed by atoms with Gasteiger partial charge in [0, 0.05) is 24.4 Å². The lowest BCUT2D eigenvalue weighted by Gasteiger charge is -2.16. The third kappa shape index (κ3) is 2.22. The first-order valence-electron chi connectivity index (χ1n) is 6.38. The van der Waals surface area contributed by atoms with E-state index in [1.807, 2.05) is 6.07 Å². The molecule has 0 amide bonds. The Morgan fingerprint density at radius 1 is 1.32 bits per heavy atom. The van der Waals surface area contributed by atoms with E-state index in [0.29, 0.717) is 0 Å². The number of nitrogens with zero attached hydrogens (tertiary/aromatic N) is 2. The first-order valence-corrected chi connectivity index (χ1v) is 6.38. The molecule has 3 heteroatoms. The maximum absolute atomic E-state index is 13.4. The molecule has 3 rings (SSSR count). The molecule has 0 spiro atoms. The number of rotatable bonds is 1. The lowest BCUT2D eigenvalue weighted by Crippen LogP contribution is -2.06. The number of aromatic nitrogens is 1. The molecule has 0 N–H and O–H groups in total. The zero-order valence-electron chi connectivity index (χ0n) is 10.4. The number of pyridine rings is 1. The Morgan fingerprint density at radius 3 is 2.95 bits per heavy atom. The molecule has 0 saturated carbocycles. The second-order valence-corrected chi connectivity index (χ2v) is 4.81. The van der Waals surface area contributed by atoms with Gasteiger partial charge in [-0.25, -0.2) is 11.0 Å². The number of hydrogen-bond acceptors (Lipinski definition) is 1. The van der Waals surface area contributed by atoms with Gasteiger partial charge in [-0.15, -0.1) is 0 Å². The first kappa shape index (κ1) is 11.9. The minimum Gasteiger partial charge on any atom is -0.313 e. The highest BCUT2D eigenvalue weighted by molar-refractivity contribution is 5.91. The number of hydrogen-bond donors (Lipinski definition) is 0. The Hall–Kier alpha value is -2.21. The highest BCUT2D eigenvalue weighted by atomic mass is 19.1. The van der Waals surface area contributed by atoms with Gasteiger partial charge in [-0.1, -0.05) is 6.08 Å². The standard InChI is InChI=1S/C16H13FN2/c1-18-13-5-2-11(3-6-13)14-8-9-19-16-7-4-12(17)10-15(14)16/h2,4,7-10,13H,3,5-6H2. The summed E-state index contributed by atoms with van der Waals surface area (Å²) in [4.78, 5) is 7.85. The Balaban J connectivity index is 2.09. The minimum absolute atomic E-state index is 0.105. The van der Waals surface area contributed by atoms with E-state index in [0.717, 1.165) is 35.7 Å². The molecular formula is C16H13FN2. The van der Waals surface area contributed by atoms with E-state index in [-0.39, 0.29) is 11.9 Å². The highest BCUT2D eigenvalue weighted by Gasteiger charge is 2.19. The molecule has 1 aromatic carbocycles. The van der Waals surface area contributed by atoms with Crippen LogP contribution in [0.5, 0.6) is 0 Å². The van der Waals surface area contributed by atoms with Gasteiger partial charge in [-0.3, -0.25) is 4.98 Å². The molecule has 0 radical (unpaired) electrons. The normalized spacial score (nSPS) is 18.9.